The van der Waals surface area contributed by atoms with Gasteiger partial charge in [-0.25, -0.2) is 0 Å². The molecule has 0 aromatic heterocycles. The molecule has 1 aliphatic heterocycles. The summed E-state index contributed by atoms with van der Waals surface area (Å²) in [6.45, 7) is 10.8. The molecule has 1 heterocycles. The average molecular weight is 291 g/mol. The first-order chi connectivity index (χ1) is 9.88. The van der Waals surface area contributed by atoms with Gasteiger partial charge >= 0.3 is 0 Å². The first kappa shape index (κ1) is 15.8. The van der Waals surface area contributed by atoms with Crippen molar-refractivity contribution >= 4 is 5.91 Å². The predicted octanol–water partition coefficient (Wildman–Crippen LogP) is 2.61. The summed E-state index contributed by atoms with van der Waals surface area (Å²) < 4.78 is 11.0. The zero-order valence-electron chi connectivity index (χ0n) is 13.4. The molecular formula is C17H25NO3. The van der Waals surface area contributed by atoms with Crippen LogP contribution in [0, 0.1) is 0 Å². The number of nitrogens with zero attached hydrogens (tertiary/aromatic N) is 1. The highest BCUT2D eigenvalue weighted by Gasteiger charge is 2.23. The van der Waals surface area contributed by atoms with E-state index < -0.39 is 6.10 Å². The van der Waals surface area contributed by atoms with Gasteiger partial charge in [0.25, 0.3) is 5.91 Å². The van der Waals surface area contributed by atoms with Crippen LogP contribution in [0.2, 0.25) is 0 Å². The third-order valence-corrected chi connectivity index (χ3v) is 3.70. The molecule has 0 bridgehead atoms. The van der Waals surface area contributed by atoms with Crippen LogP contribution >= 0.6 is 0 Å². The van der Waals surface area contributed by atoms with Gasteiger partial charge in [0.05, 0.1) is 13.2 Å². The molecule has 1 aromatic carbocycles. The fourth-order valence-corrected chi connectivity index (χ4v) is 2.33. The normalized spacial score (nSPS) is 17.4. The van der Waals surface area contributed by atoms with Gasteiger partial charge in [-0.1, -0.05) is 32.9 Å². The molecular weight excluding hydrogens is 266 g/mol. The minimum atomic E-state index is -0.469. The lowest BCUT2D eigenvalue weighted by Gasteiger charge is -2.29. The van der Waals surface area contributed by atoms with E-state index in [-0.39, 0.29) is 11.3 Å². The molecule has 2 rings (SSSR count). The van der Waals surface area contributed by atoms with Crippen LogP contribution in [0.5, 0.6) is 5.75 Å². The van der Waals surface area contributed by atoms with E-state index in [0.29, 0.717) is 26.3 Å². The first-order valence-corrected chi connectivity index (χ1v) is 7.51. The summed E-state index contributed by atoms with van der Waals surface area (Å²) in [5.41, 5.74) is 1.37. The van der Waals surface area contributed by atoms with Gasteiger partial charge in [0, 0.05) is 13.1 Å². The Bertz CT molecular complexity index is 470. The molecule has 1 atom stereocenters. The van der Waals surface area contributed by atoms with E-state index in [0.717, 1.165) is 5.75 Å². The first-order valence-electron chi connectivity index (χ1n) is 7.51. The minimum absolute atomic E-state index is 0.0261. The number of ether oxygens (including phenoxy) is 2. The van der Waals surface area contributed by atoms with Crippen molar-refractivity contribution in [1.82, 2.24) is 4.90 Å². The molecule has 1 aliphatic rings. The van der Waals surface area contributed by atoms with Crippen molar-refractivity contribution in [2.45, 2.75) is 39.2 Å². The maximum Gasteiger partial charge on any atom is 0.263 e. The van der Waals surface area contributed by atoms with Crippen molar-refractivity contribution < 1.29 is 14.3 Å². The third kappa shape index (κ3) is 4.21. The van der Waals surface area contributed by atoms with Gasteiger partial charge in [-0.05, 0) is 30.0 Å². The van der Waals surface area contributed by atoms with Crippen LogP contribution in [0.3, 0.4) is 0 Å². The van der Waals surface area contributed by atoms with Crippen LogP contribution in [0.4, 0.5) is 0 Å². The largest absolute Gasteiger partial charge is 0.481 e. The standard InChI is InChI=1S/C17H25NO3/c1-13(16(19)18-9-11-20-12-10-18)21-15-7-5-14(6-8-15)17(2,3)4/h5-8,13H,9-12H2,1-4H3/t13-/m0/s1. The fourth-order valence-electron chi connectivity index (χ4n) is 2.33. The number of carbonyl (C=O) groups is 1. The number of carbonyl (C=O) groups excluding carboxylic acids is 1. The van der Waals surface area contributed by atoms with Gasteiger partial charge in [-0.2, -0.15) is 0 Å². The predicted molar refractivity (Wildman–Crippen MR) is 82.6 cm³/mol. The number of amides is 1. The van der Waals surface area contributed by atoms with Crippen LogP contribution in [0.15, 0.2) is 24.3 Å². The number of morpholine rings is 1. The Hall–Kier alpha value is -1.55. The summed E-state index contributed by atoms with van der Waals surface area (Å²) >= 11 is 0. The summed E-state index contributed by atoms with van der Waals surface area (Å²) in [4.78, 5) is 14.1. The Labute approximate surface area is 127 Å². The van der Waals surface area contributed by atoms with E-state index in [1.54, 1.807) is 11.8 Å². The highest BCUT2D eigenvalue weighted by atomic mass is 16.5. The van der Waals surface area contributed by atoms with Gasteiger partial charge in [0.1, 0.15) is 5.75 Å². The molecule has 1 fully saturated rings. The number of rotatable bonds is 3. The Morgan fingerprint density at radius 2 is 1.76 bits per heavy atom. The van der Waals surface area contributed by atoms with Crippen molar-refractivity contribution in [1.29, 1.82) is 0 Å². The zero-order valence-corrected chi connectivity index (χ0v) is 13.4. The van der Waals surface area contributed by atoms with Crippen molar-refractivity contribution in [3.63, 3.8) is 0 Å². The van der Waals surface area contributed by atoms with E-state index in [1.807, 2.05) is 12.1 Å². The number of hydrogen-bond acceptors (Lipinski definition) is 3. The van der Waals surface area contributed by atoms with E-state index in [9.17, 15) is 4.79 Å². The van der Waals surface area contributed by atoms with Crippen LogP contribution in [0.25, 0.3) is 0 Å². The fraction of sp³-hybridized carbons (Fsp3) is 0.588. The molecule has 1 amide bonds. The molecule has 4 heteroatoms. The number of benzene rings is 1. The highest BCUT2D eigenvalue weighted by Crippen LogP contribution is 2.24. The molecule has 0 unspecified atom stereocenters. The summed E-state index contributed by atoms with van der Waals surface area (Å²) in [7, 11) is 0. The monoisotopic (exact) mass is 291 g/mol. The molecule has 4 nitrogen and oxygen atoms in total. The maximum absolute atomic E-state index is 12.3. The average Bonchev–Trinajstić information content (AvgIpc) is 2.47. The van der Waals surface area contributed by atoms with E-state index in [1.165, 1.54) is 5.56 Å². The van der Waals surface area contributed by atoms with E-state index >= 15 is 0 Å². The maximum atomic E-state index is 12.3. The quantitative estimate of drug-likeness (QED) is 0.859. The lowest BCUT2D eigenvalue weighted by molar-refractivity contribution is -0.142. The Morgan fingerprint density at radius 3 is 2.29 bits per heavy atom. The summed E-state index contributed by atoms with van der Waals surface area (Å²) in [6, 6.07) is 7.98. The van der Waals surface area contributed by atoms with Crippen molar-refractivity contribution in [3.8, 4) is 5.75 Å². The molecule has 21 heavy (non-hydrogen) atoms. The molecule has 0 radical (unpaired) electrons. The second-order valence-corrected chi connectivity index (χ2v) is 6.47. The molecule has 1 aromatic rings. The van der Waals surface area contributed by atoms with Gasteiger partial charge in [0.2, 0.25) is 0 Å². The van der Waals surface area contributed by atoms with E-state index in [4.69, 9.17) is 9.47 Å². The van der Waals surface area contributed by atoms with Crippen molar-refractivity contribution in [2.24, 2.45) is 0 Å². The van der Waals surface area contributed by atoms with Crippen molar-refractivity contribution in [3.05, 3.63) is 29.8 Å². The van der Waals surface area contributed by atoms with Gasteiger partial charge < -0.3 is 14.4 Å². The molecule has 0 aliphatic carbocycles. The highest BCUT2D eigenvalue weighted by molar-refractivity contribution is 5.81. The zero-order chi connectivity index (χ0) is 15.5. The lowest BCUT2D eigenvalue weighted by atomic mass is 9.87. The molecule has 1 saturated heterocycles. The molecule has 0 saturated carbocycles. The Morgan fingerprint density at radius 1 is 1.19 bits per heavy atom. The summed E-state index contributed by atoms with van der Waals surface area (Å²) in [6.07, 6.45) is -0.469. The molecule has 0 spiro atoms. The smallest absolute Gasteiger partial charge is 0.263 e. The molecule has 0 N–H and O–H groups in total. The summed E-state index contributed by atoms with van der Waals surface area (Å²) in [5.74, 6) is 0.760. The topological polar surface area (TPSA) is 38.8 Å². The second kappa shape index (κ2) is 6.48. The van der Waals surface area contributed by atoms with Gasteiger partial charge in [-0.15, -0.1) is 0 Å². The van der Waals surface area contributed by atoms with E-state index in [2.05, 4.69) is 32.9 Å². The summed E-state index contributed by atoms with van der Waals surface area (Å²) in [5, 5.41) is 0. The van der Waals surface area contributed by atoms with Crippen molar-refractivity contribution in [2.75, 3.05) is 26.3 Å². The third-order valence-electron chi connectivity index (χ3n) is 3.70. The Balaban J connectivity index is 1.95. The second-order valence-electron chi connectivity index (χ2n) is 6.47. The van der Waals surface area contributed by atoms with Crippen LogP contribution in [0.1, 0.15) is 33.3 Å². The molecule has 116 valence electrons. The minimum Gasteiger partial charge on any atom is -0.481 e. The number of hydrogen-bond donors (Lipinski definition) is 0. The lowest BCUT2D eigenvalue weighted by Crippen LogP contribution is -2.46. The van der Waals surface area contributed by atoms with Gasteiger partial charge in [-0.3, -0.25) is 4.79 Å². The Kier molecular flexibility index (Phi) is 4.88. The van der Waals surface area contributed by atoms with Crippen LogP contribution in [-0.4, -0.2) is 43.2 Å². The van der Waals surface area contributed by atoms with Gasteiger partial charge in [0.15, 0.2) is 6.10 Å². The van der Waals surface area contributed by atoms with Crippen LogP contribution < -0.4 is 4.74 Å². The SMILES string of the molecule is C[C@H](Oc1ccc(C(C)(C)C)cc1)C(=O)N1CCOCC1. The van der Waals surface area contributed by atoms with Crippen LogP contribution in [-0.2, 0) is 14.9 Å².